The quantitative estimate of drug-likeness (QED) is 0.538. The van der Waals surface area contributed by atoms with Crippen LogP contribution in [0.5, 0.6) is 0 Å². The highest BCUT2D eigenvalue weighted by Gasteiger charge is 2.38. The number of likely N-dealkylation sites (N-methyl/N-ethyl adjacent to an activating group) is 1. The molecular formula is C28H38ClF3N6O3. The van der Waals surface area contributed by atoms with Gasteiger partial charge in [0.05, 0.1) is 12.7 Å². The van der Waals surface area contributed by atoms with Crippen molar-refractivity contribution in [3.63, 3.8) is 0 Å². The zero-order valence-corrected chi connectivity index (χ0v) is 24.0. The molecule has 41 heavy (non-hydrogen) atoms. The number of aromatic nitrogens is 2. The van der Waals surface area contributed by atoms with Gasteiger partial charge in [-0.05, 0) is 50.1 Å². The van der Waals surface area contributed by atoms with Crippen molar-refractivity contribution in [3.05, 3.63) is 53.3 Å². The first-order valence-electron chi connectivity index (χ1n) is 13.9. The number of piperidine rings is 1. The molecule has 226 valence electrons. The molecule has 0 spiro atoms. The number of piperazine rings is 1. The molecule has 2 atom stereocenters. The smallest absolute Gasteiger partial charge is 0.475 e. The van der Waals surface area contributed by atoms with Gasteiger partial charge in [-0.1, -0.05) is 23.7 Å². The fourth-order valence-corrected chi connectivity index (χ4v) is 5.70. The van der Waals surface area contributed by atoms with Crippen molar-refractivity contribution in [2.24, 2.45) is 0 Å². The van der Waals surface area contributed by atoms with Gasteiger partial charge in [0, 0.05) is 81.9 Å². The summed E-state index contributed by atoms with van der Waals surface area (Å²) in [6, 6.07) is 11.2. The highest BCUT2D eigenvalue weighted by molar-refractivity contribution is 6.30. The number of hydrogen-bond donors (Lipinski definition) is 1. The second-order valence-electron chi connectivity index (χ2n) is 10.8. The molecular weight excluding hydrogens is 561 g/mol. The van der Waals surface area contributed by atoms with E-state index >= 15 is 0 Å². The average molecular weight is 599 g/mol. The Morgan fingerprint density at radius 2 is 1.66 bits per heavy atom. The van der Waals surface area contributed by atoms with E-state index in [1.807, 2.05) is 30.6 Å². The zero-order valence-electron chi connectivity index (χ0n) is 23.2. The second kappa shape index (κ2) is 14.6. The van der Waals surface area contributed by atoms with E-state index in [-0.39, 0.29) is 6.10 Å². The summed E-state index contributed by atoms with van der Waals surface area (Å²) in [5, 5.41) is 7.92. The number of benzene rings is 1. The molecule has 0 amide bonds. The lowest BCUT2D eigenvalue weighted by atomic mass is 9.96. The Labute approximate surface area is 243 Å². The van der Waals surface area contributed by atoms with Crippen molar-refractivity contribution >= 4 is 23.5 Å². The summed E-state index contributed by atoms with van der Waals surface area (Å²) in [6.07, 6.45) is 2.14. The maximum Gasteiger partial charge on any atom is 0.490 e. The summed E-state index contributed by atoms with van der Waals surface area (Å²) >= 11 is 6.13. The SMILES string of the molecule is CN1CCN(C[C@H]2CN(C3CCN(c4ncccn4)CC3)[C@@H](Cc3ccc(Cl)cc3)CO2)CC1.O=C(O)C(F)(F)F. The lowest BCUT2D eigenvalue weighted by Crippen LogP contribution is -2.59. The van der Waals surface area contributed by atoms with Crippen LogP contribution in [0.1, 0.15) is 18.4 Å². The van der Waals surface area contributed by atoms with Gasteiger partial charge in [0.15, 0.2) is 0 Å². The van der Waals surface area contributed by atoms with Gasteiger partial charge < -0.3 is 19.6 Å². The van der Waals surface area contributed by atoms with Crippen molar-refractivity contribution in [1.29, 1.82) is 0 Å². The summed E-state index contributed by atoms with van der Waals surface area (Å²) < 4.78 is 38.2. The minimum Gasteiger partial charge on any atom is -0.475 e. The summed E-state index contributed by atoms with van der Waals surface area (Å²) in [4.78, 5) is 27.9. The second-order valence-corrected chi connectivity index (χ2v) is 11.2. The van der Waals surface area contributed by atoms with E-state index < -0.39 is 12.1 Å². The van der Waals surface area contributed by atoms with Crippen LogP contribution in [0.2, 0.25) is 5.02 Å². The molecule has 4 heterocycles. The Hall–Kier alpha value is -2.51. The van der Waals surface area contributed by atoms with Crippen molar-refractivity contribution < 1.29 is 27.8 Å². The van der Waals surface area contributed by atoms with Gasteiger partial charge in [-0.2, -0.15) is 13.2 Å². The number of carboxylic acid groups (broad SMARTS) is 1. The molecule has 0 radical (unpaired) electrons. The van der Waals surface area contributed by atoms with Crippen LogP contribution in [-0.2, 0) is 16.0 Å². The standard InChI is InChI=1S/C26H37ClN6O.C2HF3O2/c1-30-13-15-31(16-14-30)18-25-19-33(24(20-34-25)17-21-3-5-22(27)6-4-21)23-7-11-32(12-8-23)26-28-9-2-10-29-26;3-2(4,5)1(6)7/h2-6,9-10,23-25H,7-8,11-20H2,1H3;(H,6,7)/t24-,25-;/m0./s1. The molecule has 1 aromatic carbocycles. The van der Waals surface area contributed by atoms with Gasteiger partial charge in [0.2, 0.25) is 5.95 Å². The highest BCUT2D eigenvalue weighted by Crippen LogP contribution is 2.27. The predicted molar refractivity (Wildman–Crippen MR) is 150 cm³/mol. The third kappa shape index (κ3) is 9.50. The minimum absolute atomic E-state index is 0.278. The molecule has 1 N–H and O–H groups in total. The van der Waals surface area contributed by atoms with Crippen molar-refractivity contribution in [2.45, 2.75) is 43.6 Å². The number of hydrogen-bond acceptors (Lipinski definition) is 8. The lowest BCUT2D eigenvalue weighted by molar-refractivity contribution is -0.192. The first kappa shape index (κ1) is 31.4. The van der Waals surface area contributed by atoms with E-state index in [1.54, 1.807) is 0 Å². The van der Waals surface area contributed by atoms with E-state index in [0.717, 1.165) is 89.2 Å². The summed E-state index contributed by atoms with van der Waals surface area (Å²) in [5.74, 6) is -1.90. The molecule has 3 aliphatic rings. The van der Waals surface area contributed by atoms with Crippen LogP contribution < -0.4 is 4.90 Å². The Balaban J connectivity index is 0.000000493. The number of alkyl halides is 3. The molecule has 2 aromatic rings. The highest BCUT2D eigenvalue weighted by atomic mass is 35.5. The molecule has 0 saturated carbocycles. The van der Waals surface area contributed by atoms with E-state index in [1.165, 1.54) is 5.56 Å². The zero-order chi connectivity index (χ0) is 29.4. The summed E-state index contributed by atoms with van der Waals surface area (Å²) in [5.41, 5.74) is 1.33. The molecule has 1 aromatic heterocycles. The van der Waals surface area contributed by atoms with Crippen molar-refractivity contribution in [3.8, 4) is 0 Å². The topological polar surface area (TPSA) is 85.3 Å². The minimum atomic E-state index is -5.08. The normalized spacial score (nSPS) is 23.6. The number of rotatable bonds is 6. The van der Waals surface area contributed by atoms with E-state index in [4.69, 9.17) is 26.2 Å². The predicted octanol–water partition coefficient (Wildman–Crippen LogP) is 3.29. The van der Waals surface area contributed by atoms with Crippen molar-refractivity contribution in [1.82, 2.24) is 24.7 Å². The number of anilines is 1. The van der Waals surface area contributed by atoms with Gasteiger partial charge in [-0.3, -0.25) is 9.80 Å². The number of carbonyl (C=O) groups is 1. The van der Waals surface area contributed by atoms with Crippen LogP contribution in [0.15, 0.2) is 42.7 Å². The van der Waals surface area contributed by atoms with Gasteiger partial charge in [-0.25, -0.2) is 14.8 Å². The van der Waals surface area contributed by atoms with Crippen LogP contribution >= 0.6 is 11.6 Å². The van der Waals surface area contributed by atoms with Gasteiger partial charge in [0.1, 0.15) is 0 Å². The van der Waals surface area contributed by atoms with Gasteiger partial charge in [0.25, 0.3) is 0 Å². The molecule has 9 nitrogen and oxygen atoms in total. The average Bonchev–Trinajstić information content (AvgIpc) is 2.97. The number of morpholine rings is 1. The van der Waals surface area contributed by atoms with Gasteiger partial charge in [-0.15, -0.1) is 0 Å². The van der Waals surface area contributed by atoms with Crippen LogP contribution in [0.4, 0.5) is 19.1 Å². The Kier molecular flexibility index (Phi) is 11.2. The summed E-state index contributed by atoms with van der Waals surface area (Å²) in [7, 11) is 2.21. The number of carboxylic acids is 1. The van der Waals surface area contributed by atoms with Crippen LogP contribution in [0.3, 0.4) is 0 Å². The molecule has 13 heteroatoms. The molecule has 3 saturated heterocycles. The first-order valence-corrected chi connectivity index (χ1v) is 14.3. The van der Waals surface area contributed by atoms with E-state index in [2.05, 4.69) is 48.7 Å². The number of ether oxygens (including phenoxy) is 1. The fraction of sp³-hybridized carbons (Fsp3) is 0.607. The third-order valence-corrected chi connectivity index (χ3v) is 8.11. The monoisotopic (exact) mass is 598 g/mol. The molecule has 0 bridgehead atoms. The van der Waals surface area contributed by atoms with E-state index in [0.29, 0.717) is 12.1 Å². The Morgan fingerprint density at radius 3 is 2.24 bits per heavy atom. The number of aliphatic carboxylic acids is 1. The molecule has 3 aliphatic heterocycles. The Morgan fingerprint density at radius 1 is 1.05 bits per heavy atom. The molecule has 5 rings (SSSR count). The summed E-state index contributed by atoms with van der Waals surface area (Å²) in [6.45, 7) is 9.42. The molecule has 3 fully saturated rings. The van der Waals surface area contributed by atoms with Crippen LogP contribution in [0.25, 0.3) is 0 Å². The third-order valence-electron chi connectivity index (χ3n) is 7.86. The van der Waals surface area contributed by atoms with Crippen LogP contribution in [0, 0.1) is 0 Å². The number of nitrogens with zero attached hydrogens (tertiary/aromatic N) is 6. The maximum absolute atomic E-state index is 10.6. The van der Waals surface area contributed by atoms with E-state index in [9.17, 15) is 13.2 Å². The first-order chi connectivity index (χ1) is 19.6. The van der Waals surface area contributed by atoms with Crippen LogP contribution in [-0.4, -0.2) is 126 Å². The lowest BCUT2D eigenvalue weighted by Gasteiger charge is -2.47. The molecule has 0 aliphatic carbocycles. The van der Waals surface area contributed by atoms with Crippen molar-refractivity contribution in [2.75, 3.05) is 70.9 Å². The molecule has 0 unspecified atom stereocenters. The maximum atomic E-state index is 10.6. The largest absolute Gasteiger partial charge is 0.490 e. The number of halogens is 4. The fourth-order valence-electron chi connectivity index (χ4n) is 5.58. The van der Waals surface area contributed by atoms with Gasteiger partial charge >= 0.3 is 12.1 Å². The Bertz CT molecular complexity index is 1080.